The van der Waals surface area contributed by atoms with Gasteiger partial charge in [-0.25, -0.2) is 9.37 Å². The minimum Gasteiger partial charge on any atom is -0.494 e. The Morgan fingerprint density at radius 2 is 1.95 bits per heavy atom. The van der Waals surface area contributed by atoms with Gasteiger partial charge < -0.3 is 36.0 Å². The maximum Gasteiger partial charge on any atom is 0.229 e. The summed E-state index contributed by atoms with van der Waals surface area (Å²) < 4.78 is 19.8. The maximum atomic E-state index is 14.1. The van der Waals surface area contributed by atoms with Gasteiger partial charge in [0.05, 0.1) is 34.8 Å². The summed E-state index contributed by atoms with van der Waals surface area (Å²) in [6.07, 6.45) is 5.16. The number of methoxy groups -OCH3 is 1. The summed E-state index contributed by atoms with van der Waals surface area (Å²) in [5.41, 5.74) is 8.30. The van der Waals surface area contributed by atoms with Crippen molar-refractivity contribution in [3.63, 3.8) is 0 Å². The molecule has 0 unspecified atom stereocenters. The first-order valence-electron chi connectivity index (χ1n) is 13.2. The van der Waals surface area contributed by atoms with Crippen molar-refractivity contribution in [3.8, 4) is 5.75 Å². The normalized spacial score (nSPS) is 17.7. The quantitative estimate of drug-likeness (QED) is 0.263. The lowest BCUT2D eigenvalue weighted by atomic mass is 9.96. The number of rotatable bonds is 9. The third-order valence-corrected chi connectivity index (χ3v) is 7.63. The number of hydrogen-bond acceptors (Lipinski definition) is 9. The van der Waals surface area contributed by atoms with Crippen LogP contribution in [-0.2, 0) is 5.60 Å². The first-order valence-corrected chi connectivity index (χ1v) is 13.6. The highest BCUT2D eigenvalue weighted by molar-refractivity contribution is 6.31. The number of benzene rings is 2. The molecule has 5 rings (SSSR count). The molecule has 2 aliphatic rings. The molecule has 9 nitrogen and oxygen atoms in total. The molecule has 11 heteroatoms. The molecule has 0 amide bonds. The minimum absolute atomic E-state index is 0.0664. The molecular formula is C28H35ClFN7O2. The molecule has 1 aromatic heterocycles. The lowest BCUT2D eigenvalue weighted by Gasteiger charge is -2.37. The van der Waals surface area contributed by atoms with Crippen LogP contribution in [-0.4, -0.2) is 59.3 Å². The van der Waals surface area contributed by atoms with E-state index in [9.17, 15) is 9.50 Å². The summed E-state index contributed by atoms with van der Waals surface area (Å²) in [6.45, 7) is 7.52. The number of halogens is 2. The van der Waals surface area contributed by atoms with Gasteiger partial charge in [0.2, 0.25) is 5.95 Å². The third-order valence-electron chi connectivity index (χ3n) is 7.34. The van der Waals surface area contributed by atoms with Crippen molar-refractivity contribution in [3.05, 3.63) is 52.9 Å². The van der Waals surface area contributed by atoms with Gasteiger partial charge in [-0.3, -0.25) is 0 Å². The van der Waals surface area contributed by atoms with Crippen LogP contribution in [0.2, 0.25) is 5.02 Å². The highest BCUT2D eigenvalue weighted by atomic mass is 35.5. The van der Waals surface area contributed by atoms with Crippen molar-refractivity contribution in [2.75, 3.05) is 54.6 Å². The van der Waals surface area contributed by atoms with E-state index in [1.807, 2.05) is 12.1 Å². The second-order valence-electron chi connectivity index (χ2n) is 10.6. The van der Waals surface area contributed by atoms with E-state index in [1.54, 1.807) is 33.2 Å². The number of likely N-dealkylation sites (tertiary alicyclic amines) is 1. The fraction of sp³-hybridized carbons (Fsp3) is 0.429. The molecule has 2 fully saturated rings. The van der Waals surface area contributed by atoms with Crippen LogP contribution in [0.15, 0.2) is 36.5 Å². The SMILES string of the molecule is COc1cc(N2CCC[C@@H]2CN2CCC2)c(N)cc1Nc1nccc(Nc2cc(Cl)c(F)cc2C(C)(C)O)n1. The van der Waals surface area contributed by atoms with Crippen LogP contribution in [0.5, 0.6) is 5.75 Å². The summed E-state index contributed by atoms with van der Waals surface area (Å²) in [7, 11) is 1.62. The van der Waals surface area contributed by atoms with Crippen LogP contribution < -0.4 is 26.0 Å². The zero-order chi connectivity index (χ0) is 27.7. The van der Waals surface area contributed by atoms with Gasteiger partial charge in [-0.15, -0.1) is 0 Å². The smallest absolute Gasteiger partial charge is 0.229 e. The molecule has 39 heavy (non-hydrogen) atoms. The number of hydrogen-bond donors (Lipinski definition) is 4. The molecule has 5 N–H and O–H groups in total. The molecule has 208 valence electrons. The lowest BCUT2D eigenvalue weighted by molar-refractivity contribution is 0.0790. The van der Waals surface area contributed by atoms with Crippen molar-refractivity contribution in [1.29, 1.82) is 0 Å². The second kappa shape index (κ2) is 11.0. The number of ether oxygens (including phenoxy) is 1. The molecule has 0 saturated carbocycles. The molecule has 2 saturated heterocycles. The van der Waals surface area contributed by atoms with Crippen molar-refractivity contribution >= 4 is 46.1 Å². The van der Waals surface area contributed by atoms with E-state index in [4.69, 9.17) is 22.1 Å². The largest absolute Gasteiger partial charge is 0.494 e. The standard InChI is InChI=1S/C28H35ClFN7O2/c1-28(2,38)18-12-20(30)19(29)13-22(18)33-26-7-8-32-27(35-26)34-23-14-21(31)24(15-25(23)39-3)37-11-4-6-17(37)16-36-9-5-10-36/h7-8,12-15,17,38H,4-6,9-11,16,31H2,1-3H3,(H2,32,33,34,35)/t17-/m1/s1. The lowest BCUT2D eigenvalue weighted by Crippen LogP contribution is -2.46. The van der Waals surface area contributed by atoms with E-state index in [2.05, 4.69) is 30.4 Å². The van der Waals surface area contributed by atoms with E-state index in [-0.39, 0.29) is 5.02 Å². The van der Waals surface area contributed by atoms with Gasteiger partial charge in [0.25, 0.3) is 0 Å². The third kappa shape index (κ3) is 5.98. The zero-order valence-electron chi connectivity index (χ0n) is 22.5. The Morgan fingerprint density at radius 3 is 2.64 bits per heavy atom. The predicted octanol–water partition coefficient (Wildman–Crippen LogP) is 5.25. The minimum atomic E-state index is -1.31. The Morgan fingerprint density at radius 1 is 1.15 bits per heavy atom. The van der Waals surface area contributed by atoms with Gasteiger partial charge >= 0.3 is 0 Å². The van der Waals surface area contributed by atoms with E-state index in [0.29, 0.717) is 46.2 Å². The van der Waals surface area contributed by atoms with E-state index in [0.717, 1.165) is 31.6 Å². The molecule has 0 radical (unpaired) electrons. The molecule has 0 bridgehead atoms. The number of anilines is 6. The molecule has 1 atom stereocenters. The van der Waals surface area contributed by atoms with Crippen molar-refractivity contribution in [2.45, 2.75) is 44.8 Å². The Bertz CT molecular complexity index is 1350. The van der Waals surface area contributed by atoms with Crippen molar-refractivity contribution < 1.29 is 14.2 Å². The van der Waals surface area contributed by atoms with Crippen LogP contribution in [0.25, 0.3) is 0 Å². The van der Waals surface area contributed by atoms with E-state index >= 15 is 0 Å². The molecule has 2 aliphatic heterocycles. The number of aliphatic hydroxyl groups is 1. The van der Waals surface area contributed by atoms with Crippen LogP contribution >= 0.6 is 11.6 Å². The number of nitrogens with two attached hydrogens (primary N) is 1. The summed E-state index contributed by atoms with van der Waals surface area (Å²) in [5.74, 6) is 0.749. The van der Waals surface area contributed by atoms with E-state index in [1.165, 1.54) is 31.6 Å². The topological polar surface area (TPSA) is 112 Å². The van der Waals surface area contributed by atoms with Gasteiger partial charge in [-0.05, 0) is 70.5 Å². The first-order chi connectivity index (χ1) is 18.6. The molecule has 3 aromatic rings. The number of nitrogens with zero attached hydrogens (tertiary/aromatic N) is 4. The monoisotopic (exact) mass is 555 g/mol. The number of aromatic nitrogens is 2. The second-order valence-corrected chi connectivity index (χ2v) is 11.0. The Balaban J connectivity index is 1.37. The average Bonchev–Trinajstić information content (AvgIpc) is 3.31. The van der Waals surface area contributed by atoms with Gasteiger partial charge in [-0.2, -0.15) is 4.98 Å². The Kier molecular flexibility index (Phi) is 7.70. The maximum absolute atomic E-state index is 14.1. The fourth-order valence-electron chi connectivity index (χ4n) is 5.21. The Hall–Kier alpha value is -3.34. The van der Waals surface area contributed by atoms with Gasteiger partial charge in [0.1, 0.15) is 17.4 Å². The zero-order valence-corrected chi connectivity index (χ0v) is 23.2. The van der Waals surface area contributed by atoms with Crippen LogP contribution in [0.1, 0.15) is 38.7 Å². The number of nitrogens with one attached hydrogen (secondary N) is 2. The molecule has 0 spiro atoms. The predicted molar refractivity (Wildman–Crippen MR) is 154 cm³/mol. The first kappa shape index (κ1) is 27.2. The summed E-state index contributed by atoms with van der Waals surface area (Å²) in [4.78, 5) is 13.8. The molecule has 3 heterocycles. The van der Waals surface area contributed by atoms with Gasteiger partial charge in [0.15, 0.2) is 0 Å². The highest BCUT2D eigenvalue weighted by Gasteiger charge is 2.30. The highest BCUT2D eigenvalue weighted by Crippen LogP contribution is 2.40. The summed E-state index contributed by atoms with van der Waals surface area (Å²) >= 11 is 6.02. The van der Waals surface area contributed by atoms with E-state index < -0.39 is 11.4 Å². The van der Waals surface area contributed by atoms with Crippen molar-refractivity contribution in [2.24, 2.45) is 0 Å². The van der Waals surface area contributed by atoms with Gasteiger partial charge in [-0.1, -0.05) is 11.6 Å². The molecule has 2 aromatic carbocycles. The van der Waals surface area contributed by atoms with Gasteiger partial charge in [0, 0.05) is 42.6 Å². The number of nitrogen functional groups attached to an aromatic ring is 1. The Labute approximate surface area is 233 Å². The fourth-order valence-corrected chi connectivity index (χ4v) is 5.37. The van der Waals surface area contributed by atoms with Crippen molar-refractivity contribution in [1.82, 2.24) is 14.9 Å². The van der Waals surface area contributed by atoms with Crippen LogP contribution in [0.3, 0.4) is 0 Å². The average molecular weight is 556 g/mol. The van der Waals surface area contributed by atoms with Crippen LogP contribution in [0.4, 0.5) is 38.9 Å². The molecular weight excluding hydrogens is 521 g/mol. The summed E-state index contributed by atoms with van der Waals surface area (Å²) in [6, 6.07) is 8.57. The van der Waals surface area contributed by atoms with Crippen LogP contribution in [0, 0.1) is 5.82 Å². The molecule has 0 aliphatic carbocycles. The summed E-state index contributed by atoms with van der Waals surface area (Å²) in [5, 5.41) is 16.8.